The van der Waals surface area contributed by atoms with Crippen molar-refractivity contribution in [1.82, 2.24) is 9.97 Å². The summed E-state index contributed by atoms with van der Waals surface area (Å²) in [6.45, 7) is 1.97. The zero-order chi connectivity index (χ0) is 13.2. The smallest absolute Gasteiger partial charge is 0.130 e. The number of fused-ring (bicyclic) bond motifs is 1. The number of aromatic nitrogens is 2. The van der Waals surface area contributed by atoms with E-state index in [-0.39, 0.29) is 0 Å². The van der Waals surface area contributed by atoms with Crippen LogP contribution in [-0.4, -0.2) is 9.97 Å². The van der Waals surface area contributed by atoms with Gasteiger partial charge in [0, 0.05) is 9.86 Å². The van der Waals surface area contributed by atoms with Crippen molar-refractivity contribution in [2.24, 2.45) is 0 Å². The van der Waals surface area contributed by atoms with Crippen molar-refractivity contribution < 1.29 is 0 Å². The molecule has 0 saturated heterocycles. The van der Waals surface area contributed by atoms with Crippen molar-refractivity contribution in [2.45, 2.75) is 6.92 Å². The summed E-state index contributed by atoms with van der Waals surface area (Å²) in [4.78, 5) is 8.88. The van der Waals surface area contributed by atoms with Crippen LogP contribution >= 0.6 is 15.9 Å². The lowest BCUT2D eigenvalue weighted by atomic mass is 10.2. The van der Waals surface area contributed by atoms with Crippen LogP contribution in [0.2, 0.25) is 0 Å². The van der Waals surface area contributed by atoms with E-state index in [1.807, 2.05) is 49.5 Å². The summed E-state index contributed by atoms with van der Waals surface area (Å²) in [7, 11) is 0. The summed E-state index contributed by atoms with van der Waals surface area (Å²) in [6.07, 6.45) is 1.82. The number of benzene rings is 1. The lowest BCUT2D eigenvalue weighted by Gasteiger charge is -2.07. The van der Waals surface area contributed by atoms with E-state index >= 15 is 0 Å². The Balaban J connectivity index is 1.94. The normalized spacial score (nSPS) is 10.6. The van der Waals surface area contributed by atoms with Crippen LogP contribution < -0.4 is 5.32 Å². The van der Waals surface area contributed by atoms with Crippen LogP contribution in [0.1, 0.15) is 5.69 Å². The van der Waals surface area contributed by atoms with Crippen LogP contribution in [0.3, 0.4) is 0 Å². The number of para-hydroxylation sites is 1. The van der Waals surface area contributed by atoms with Crippen molar-refractivity contribution in [3.05, 3.63) is 58.8 Å². The van der Waals surface area contributed by atoms with Crippen LogP contribution in [0.5, 0.6) is 0 Å². The number of hydrogen-bond acceptors (Lipinski definition) is 3. The first-order valence-corrected chi connectivity index (χ1v) is 6.77. The van der Waals surface area contributed by atoms with E-state index in [2.05, 4.69) is 37.3 Å². The minimum absolute atomic E-state index is 0.817. The first-order chi connectivity index (χ1) is 9.22. The maximum absolute atomic E-state index is 4.46. The van der Waals surface area contributed by atoms with E-state index in [0.29, 0.717) is 0 Å². The van der Waals surface area contributed by atoms with E-state index < -0.39 is 0 Å². The van der Waals surface area contributed by atoms with Gasteiger partial charge in [0.05, 0.1) is 23.1 Å². The van der Waals surface area contributed by atoms with Gasteiger partial charge in [0.1, 0.15) is 5.82 Å². The number of rotatable bonds is 2. The standard InChI is InChI=1S/C15H12BrN3/c1-10-13(16)6-7-15(18-10)19-12-8-11-4-2-3-5-14(11)17-9-12/h2-9H,1H3,(H,18,19). The molecule has 4 heteroatoms. The molecule has 2 heterocycles. The molecule has 0 bridgehead atoms. The predicted octanol–water partition coefficient (Wildman–Crippen LogP) is 4.44. The van der Waals surface area contributed by atoms with Gasteiger partial charge in [-0.2, -0.15) is 0 Å². The molecule has 0 atom stereocenters. The summed E-state index contributed by atoms with van der Waals surface area (Å²) in [5, 5.41) is 4.38. The number of halogens is 1. The SMILES string of the molecule is Cc1nc(Nc2cnc3ccccc3c2)ccc1Br. The zero-order valence-corrected chi connectivity index (χ0v) is 12.0. The number of pyridine rings is 2. The summed E-state index contributed by atoms with van der Waals surface area (Å²) in [5.74, 6) is 0.817. The summed E-state index contributed by atoms with van der Waals surface area (Å²) in [5.41, 5.74) is 2.89. The van der Waals surface area contributed by atoms with Gasteiger partial charge in [0.15, 0.2) is 0 Å². The van der Waals surface area contributed by atoms with Crippen molar-refractivity contribution in [3.8, 4) is 0 Å². The molecule has 3 aromatic rings. The molecule has 0 saturated carbocycles. The molecule has 94 valence electrons. The van der Waals surface area contributed by atoms with Gasteiger partial charge in [0.2, 0.25) is 0 Å². The second-order valence-corrected chi connectivity index (χ2v) is 5.16. The average molecular weight is 314 g/mol. The third-order valence-electron chi connectivity index (χ3n) is 2.88. The summed E-state index contributed by atoms with van der Waals surface area (Å²) < 4.78 is 1.01. The lowest BCUT2D eigenvalue weighted by molar-refractivity contribution is 1.18. The van der Waals surface area contributed by atoms with Crippen LogP contribution in [0.25, 0.3) is 10.9 Å². The highest BCUT2D eigenvalue weighted by atomic mass is 79.9. The van der Waals surface area contributed by atoms with Gasteiger partial charge in [-0.25, -0.2) is 4.98 Å². The Kier molecular flexibility index (Phi) is 3.17. The molecule has 19 heavy (non-hydrogen) atoms. The zero-order valence-electron chi connectivity index (χ0n) is 10.4. The number of anilines is 2. The molecular weight excluding hydrogens is 302 g/mol. The highest BCUT2D eigenvalue weighted by molar-refractivity contribution is 9.10. The van der Waals surface area contributed by atoms with Crippen molar-refractivity contribution >= 4 is 38.3 Å². The Morgan fingerprint density at radius 2 is 1.95 bits per heavy atom. The number of nitrogens with zero attached hydrogens (tertiary/aromatic N) is 2. The third kappa shape index (κ3) is 2.58. The minimum Gasteiger partial charge on any atom is -0.339 e. The molecule has 0 aliphatic carbocycles. The Hall–Kier alpha value is -1.94. The Bertz CT molecular complexity index is 740. The van der Waals surface area contributed by atoms with Crippen LogP contribution in [0, 0.1) is 6.92 Å². The number of hydrogen-bond donors (Lipinski definition) is 1. The van der Waals surface area contributed by atoms with E-state index in [0.717, 1.165) is 32.6 Å². The fourth-order valence-electron chi connectivity index (χ4n) is 1.90. The Labute approximate surface area is 119 Å². The van der Waals surface area contributed by atoms with Gasteiger partial charge in [-0.05, 0) is 47.1 Å². The quantitative estimate of drug-likeness (QED) is 0.759. The molecule has 0 aliphatic heterocycles. The van der Waals surface area contributed by atoms with Gasteiger partial charge in [-0.3, -0.25) is 4.98 Å². The fourth-order valence-corrected chi connectivity index (χ4v) is 2.12. The first kappa shape index (κ1) is 12.1. The van der Waals surface area contributed by atoms with Gasteiger partial charge in [-0.15, -0.1) is 0 Å². The van der Waals surface area contributed by atoms with Crippen LogP contribution in [0.15, 0.2) is 53.1 Å². The Morgan fingerprint density at radius 1 is 1.11 bits per heavy atom. The maximum atomic E-state index is 4.46. The Morgan fingerprint density at radius 3 is 2.79 bits per heavy atom. The van der Waals surface area contributed by atoms with Crippen molar-refractivity contribution in [1.29, 1.82) is 0 Å². The van der Waals surface area contributed by atoms with Crippen LogP contribution in [-0.2, 0) is 0 Å². The molecule has 0 spiro atoms. The molecular formula is C15H12BrN3. The molecule has 0 fully saturated rings. The van der Waals surface area contributed by atoms with Gasteiger partial charge >= 0.3 is 0 Å². The van der Waals surface area contributed by atoms with Crippen molar-refractivity contribution in [3.63, 3.8) is 0 Å². The van der Waals surface area contributed by atoms with E-state index in [1.54, 1.807) is 0 Å². The maximum Gasteiger partial charge on any atom is 0.130 e. The molecule has 0 radical (unpaired) electrons. The van der Waals surface area contributed by atoms with Crippen LogP contribution in [0.4, 0.5) is 11.5 Å². The van der Waals surface area contributed by atoms with E-state index in [4.69, 9.17) is 0 Å². The number of nitrogens with one attached hydrogen (secondary N) is 1. The molecule has 1 N–H and O–H groups in total. The predicted molar refractivity (Wildman–Crippen MR) is 81.7 cm³/mol. The molecule has 0 aliphatic rings. The highest BCUT2D eigenvalue weighted by Crippen LogP contribution is 2.21. The lowest BCUT2D eigenvalue weighted by Crippen LogP contribution is -1.96. The second-order valence-electron chi connectivity index (χ2n) is 4.31. The monoisotopic (exact) mass is 313 g/mol. The second kappa shape index (κ2) is 4.97. The number of aryl methyl sites for hydroxylation is 1. The largest absolute Gasteiger partial charge is 0.339 e. The fraction of sp³-hybridized carbons (Fsp3) is 0.0667. The summed E-state index contributed by atoms with van der Waals surface area (Å²) in [6, 6.07) is 14.0. The molecule has 0 unspecified atom stereocenters. The van der Waals surface area contributed by atoms with E-state index in [9.17, 15) is 0 Å². The van der Waals surface area contributed by atoms with E-state index in [1.165, 1.54) is 0 Å². The minimum atomic E-state index is 0.817. The molecule has 3 nitrogen and oxygen atoms in total. The molecule has 2 aromatic heterocycles. The molecule has 3 rings (SSSR count). The van der Waals surface area contributed by atoms with Crippen molar-refractivity contribution in [2.75, 3.05) is 5.32 Å². The molecule has 0 amide bonds. The first-order valence-electron chi connectivity index (χ1n) is 5.97. The third-order valence-corrected chi connectivity index (χ3v) is 3.72. The average Bonchev–Trinajstić information content (AvgIpc) is 2.43. The van der Waals surface area contributed by atoms with Gasteiger partial charge in [0.25, 0.3) is 0 Å². The van der Waals surface area contributed by atoms with Gasteiger partial charge < -0.3 is 5.32 Å². The highest BCUT2D eigenvalue weighted by Gasteiger charge is 2.01. The van der Waals surface area contributed by atoms with Gasteiger partial charge in [-0.1, -0.05) is 18.2 Å². The topological polar surface area (TPSA) is 37.8 Å². The molecule has 1 aromatic carbocycles. The summed E-state index contributed by atoms with van der Waals surface area (Å²) >= 11 is 3.44.